The number of nitrogens with zero attached hydrogens (tertiary/aromatic N) is 1. The molecule has 61 heavy (non-hydrogen) atoms. The average Bonchev–Trinajstić information content (AvgIpc) is 3.82. The van der Waals surface area contributed by atoms with E-state index in [1.165, 1.54) is 49.7 Å². The van der Waals surface area contributed by atoms with Crippen molar-refractivity contribution in [2.24, 2.45) is 0 Å². The Balaban J connectivity index is 0.912. The topological polar surface area (TPSA) is 26.2 Å². The molecule has 0 atom stereocenters. The van der Waals surface area contributed by atoms with Gasteiger partial charge in [-0.2, -0.15) is 0 Å². The quantitative estimate of drug-likeness (QED) is 0.150. The summed E-state index contributed by atoms with van der Waals surface area (Å²) in [5.41, 5.74) is 17.3. The van der Waals surface area contributed by atoms with Crippen molar-refractivity contribution in [2.45, 2.75) is 12.0 Å². The Labute approximate surface area is 356 Å². The average molecular weight is 783 g/mol. The zero-order valence-corrected chi connectivity index (χ0v) is 33.6. The molecule has 1 aliphatic carbocycles. The van der Waals surface area contributed by atoms with Crippen LogP contribution in [-0.4, -0.2) is 4.57 Å². The van der Waals surface area contributed by atoms with Gasteiger partial charge in [-0.25, -0.2) is 0 Å². The minimum atomic E-state index is -0.405. The summed E-state index contributed by atoms with van der Waals surface area (Å²) in [6.07, 6.45) is 1.86. The fraction of sp³-hybridized carbons (Fsp3) is 0.0345. The number of ether oxygens (including phenoxy) is 1. The zero-order valence-electron chi connectivity index (χ0n) is 33.6. The Morgan fingerprint density at radius 1 is 0.492 bits per heavy atom. The summed E-state index contributed by atoms with van der Waals surface area (Å²) >= 11 is 0. The zero-order chi connectivity index (χ0) is 40.8. The highest BCUT2D eigenvalue weighted by Crippen LogP contribution is 2.56. The fourth-order valence-corrected chi connectivity index (χ4v) is 9.48. The molecule has 0 fully saturated rings. The van der Waals surface area contributed by atoms with Crippen LogP contribution >= 0.6 is 0 Å². The molecule has 290 valence electrons. The van der Waals surface area contributed by atoms with Gasteiger partial charge in [0.2, 0.25) is 0 Å². The molecule has 1 heterocycles. The van der Waals surface area contributed by atoms with E-state index >= 15 is 0 Å². The first-order valence-electron chi connectivity index (χ1n) is 20.9. The molecule has 3 nitrogen and oxygen atoms in total. The minimum absolute atomic E-state index is 0.405. The van der Waals surface area contributed by atoms with Crippen LogP contribution in [0.3, 0.4) is 0 Å². The Hall–Kier alpha value is -7.88. The fourth-order valence-electron chi connectivity index (χ4n) is 9.48. The van der Waals surface area contributed by atoms with Crippen molar-refractivity contribution >= 4 is 39.3 Å². The predicted octanol–water partition coefficient (Wildman–Crippen LogP) is 14.8. The number of fused-ring (bicyclic) bond motifs is 6. The highest BCUT2D eigenvalue weighted by atomic mass is 16.5. The van der Waals surface area contributed by atoms with Crippen LogP contribution in [0.25, 0.3) is 55.8 Å². The lowest BCUT2D eigenvalue weighted by atomic mass is 9.68. The van der Waals surface area contributed by atoms with Crippen LogP contribution in [-0.2, 0) is 12.0 Å². The number of rotatable bonds is 10. The van der Waals surface area contributed by atoms with E-state index in [2.05, 4.69) is 235 Å². The monoisotopic (exact) mass is 782 g/mol. The van der Waals surface area contributed by atoms with Gasteiger partial charge in [-0.1, -0.05) is 164 Å². The molecule has 0 unspecified atom stereocenters. The van der Waals surface area contributed by atoms with Crippen molar-refractivity contribution in [3.05, 3.63) is 258 Å². The first-order valence-corrected chi connectivity index (χ1v) is 20.9. The summed E-state index contributed by atoms with van der Waals surface area (Å²) < 4.78 is 8.68. The standard InChI is InChI=1S/C58H42N2O/c1-2-40-22-24-41(25-23-40)39-61-49-32-33-51-53-36-43(28-35-56(53)60(57(51)38-49)48-18-10-5-11-19-48)42-26-29-46(30-27-42)59-47-31-34-55-52(37-47)50-20-12-13-21-54(50)58(55,44-14-6-3-7-15-44)45-16-8-4-9-17-45/h2-38,59H,1,39H2. The summed E-state index contributed by atoms with van der Waals surface area (Å²) in [5, 5.41) is 6.12. The first-order chi connectivity index (χ1) is 30.2. The van der Waals surface area contributed by atoms with E-state index in [-0.39, 0.29) is 0 Å². The maximum absolute atomic E-state index is 6.35. The smallest absolute Gasteiger partial charge is 0.121 e. The molecule has 0 aliphatic heterocycles. The van der Waals surface area contributed by atoms with Gasteiger partial charge in [0, 0.05) is 33.9 Å². The Morgan fingerprint density at radius 2 is 1.13 bits per heavy atom. The molecule has 0 bridgehead atoms. The lowest BCUT2D eigenvalue weighted by Crippen LogP contribution is -2.28. The van der Waals surface area contributed by atoms with E-state index in [0.29, 0.717) is 6.61 Å². The van der Waals surface area contributed by atoms with Gasteiger partial charge in [-0.15, -0.1) is 0 Å². The molecular weight excluding hydrogens is 741 g/mol. The summed E-state index contributed by atoms with van der Waals surface area (Å²) in [7, 11) is 0. The summed E-state index contributed by atoms with van der Waals surface area (Å²) in [6, 6.07) is 78.6. The van der Waals surface area contributed by atoms with Crippen molar-refractivity contribution in [3.63, 3.8) is 0 Å². The third kappa shape index (κ3) is 6.22. The number of hydrogen-bond donors (Lipinski definition) is 1. The molecule has 0 amide bonds. The van der Waals surface area contributed by atoms with E-state index < -0.39 is 5.41 Å². The molecule has 10 aromatic rings. The molecule has 3 heteroatoms. The first kappa shape index (κ1) is 36.2. The molecule has 0 radical (unpaired) electrons. The van der Waals surface area contributed by atoms with Gasteiger partial charge >= 0.3 is 0 Å². The third-order valence-electron chi connectivity index (χ3n) is 12.3. The van der Waals surface area contributed by atoms with Crippen LogP contribution in [0, 0.1) is 0 Å². The normalized spacial score (nSPS) is 12.5. The van der Waals surface area contributed by atoms with Crippen LogP contribution in [0.2, 0.25) is 0 Å². The van der Waals surface area contributed by atoms with Gasteiger partial charge in [0.05, 0.1) is 16.4 Å². The summed E-state index contributed by atoms with van der Waals surface area (Å²) in [4.78, 5) is 0. The van der Waals surface area contributed by atoms with Gasteiger partial charge < -0.3 is 14.6 Å². The minimum Gasteiger partial charge on any atom is -0.489 e. The molecule has 1 aliphatic rings. The van der Waals surface area contributed by atoms with Crippen molar-refractivity contribution < 1.29 is 4.74 Å². The second-order valence-corrected chi connectivity index (χ2v) is 15.8. The van der Waals surface area contributed by atoms with Crippen LogP contribution in [0.1, 0.15) is 33.4 Å². The molecular formula is C58H42N2O. The predicted molar refractivity (Wildman–Crippen MR) is 254 cm³/mol. The van der Waals surface area contributed by atoms with Crippen molar-refractivity contribution in [1.29, 1.82) is 0 Å². The van der Waals surface area contributed by atoms with E-state index in [1.807, 2.05) is 6.08 Å². The number of aromatic nitrogens is 1. The second-order valence-electron chi connectivity index (χ2n) is 15.8. The number of para-hydroxylation sites is 1. The lowest BCUT2D eigenvalue weighted by molar-refractivity contribution is 0.306. The van der Waals surface area contributed by atoms with Crippen LogP contribution in [0.5, 0.6) is 5.75 Å². The highest BCUT2D eigenvalue weighted by molar-refractivity contribution is 6.11. The lowest BCUT2D eigenvalue weighted by Gasteiger charge is -2.33. The second kappa shape index (κ2) is 15.1. The van der Waals surface area contributed by atoms with Gasteiger partial charge in [0.15, 0.2) is 0 Å². The molecule has 1 aromatic heterocycles. The molecule has 9 aromatic carbocycles. The third-order valence-corrected chi connectivity index (χ3v) is 12.3. The molecule has 1 N–H and O–H groups in total. The van der Waals surface area contributed by atoms with E-state index in [9.17, 15) is 0 Å². The molecule has 0 spiro atoms. The molecule has 0 saturated carbocycles. The largest absolute Gasteiger partial charge is 0.489 e. The summed E-state index contributed by atoms with van der Waals surface area (Å²) in [5.74, 6) is 0.836. The Kier molecular flexibility index (Phi) is 8.94. The summed E-state index contributed by atoms with van der Waals surface area (Å²) in [6.45, 7) is 4.36. The van der Waals surface area contributed by atoms with Gasteiger partial charge in [0.1, 0.15) is 12.4 Å². The molecule has 0 saturated heterocycles. The SMILES string of the molecule is C=Cc1ccc(COc2ccc3c4cc(-c5ccc(Nc6ccc7c(c6)-c6ccccc6C7(c6ccccc6)c6ccccc6)cc5)ccc4n(-c4ccccc4)c3c2)cc1. The number of benzene rings is 9. The highest BCUT2D eigenvalue weighted by Gasteiger charge is 2.45. The van der Waals surface area contributed by atoms with E-state index in [0.717, 1.165) is 50.5 Å². The van der Waals surface area contributed by atoms with Crippen molar-refractivity contribution in [2.75, 3.05) is 5.32 Å². The van der Waals surface area contributed by atoms with Crippen molar-refractivity contribution in [1.82, 2.24) is 4.57 Å². The number of hydrogen-bond acceptors (Lipinski definition) is 2. The Bertz CT molecular complexity index is 3160. The number of anilines is 2. The van der Waals surface area contributed by atoms with E-state index in [4.69, 9.17) is 4.74 Å². The molecule has 11 rings (SSSR count). The van der Waals surface area contributed by atoms with E-state index in [1.54, 1.807) is 0 Å². The maximum Gasteiger partial charge on any atom is 0.121 e. The van der Waals surface area contributed by atoms with Crippen molar-refractivity contribution in [3.8, 4) is 33.7 Å². The van der Waals surface area contributed by atoms with Gasteiger partial charge in [-0.05, 0) is 116 Å². The Morgan fingerprint density at radius 3 is 1.85 bits per heavy atom. The van der Waals surface area contributed by atoms with Crippen LogP contribution < -0.4 is 10.1 Å². The maximum atomic E-state index is 6.35. The van der Waals surface area contributed by atoms with Crippen LogP contribution in [0.15, 0.2) is 225 Å². The number of nitrogens with one attached hydrogen (secondary N) is 1. The van der Waals surface area contributed by atoms with Gasteiger partial charge in [-0.3, -0.25) is 0 Å². The van der Waals surface area contributed by atoms with Gasteiger partial charge in [0.25, 0.3) is 0 Å². The van der Waals surface area contributed by atoms with Crippen LogP contribution in [0.4, 0.5) is 11.4 Å².